The number of aromatic nitrogens is 2. The van der Waals surface area contributed by atoms with E-state index in [-0.39, 0.29) is 6.61 Å². The standard InChI is InChI=1S/C11H20N2O3S/c1-15-6-7-16-5-3-2-4-13-10(9-14)8-12-11(13)17/h8,14H,2-7,9H2,1H3,(H,12,17). The molecular weight excluding hydrogens is 240 g/mol. The minimum Gasteiger partial charge on any atom is -0.390 e. The van der Waals surface area contributed by atoms with Crippen molar-refractivity contribution in [3.63, 3.8) is 0 Å². The number of nitrogens with zero attached hydrogens (tertiary/aromatic N) is 1. The summed E-state index contributed by atoms with van der Waals surface area (Å²) in [6, 6.07) is 0. The van der Waals surface area contributed by atoms with Crippen LogP contribution in [0.3, 0.4) is 0 Å². The first kappa shape index (κ1) is 14.4. The Balaban J connectivity index is 2.17. The summed E-state index contributed by atoms with van der Waals surface area (Å²) in [6.07, 6.45) is 3.70. The molecule has 6 heteroatoms. The first-order chi connectivity index (χ1) is 8.29. The van der Waals surface area contributed by atoms with Crippen LogP contribution in [0.2, 0.25) is 0 Å². The number of rotatable bonds is 9. The van der Waals surface area contributed by atoms with Gasteiger partial charge in [-0.3, -0.25) is 0 Å². The summed E-state index contributed by atoms with van der Waals surface area (Å²) in [6.45, 7) is 2.83. The Labute approximate surface area is 106 Å². The average Bonchev–Trinajstić information content (AvgIpc) is 2.69. The second-order valence-corrected chi connectivity index (χ2v) is 4.09. The minimum atomic E-state index is 0.0114. The first-order valence-electron chi connectivity index (χ1n) is 5.74. The topological polar surface area (TPSA) is 59.4 Å². The summed E-state index contributed by atoms with van der Waals surface area (Å²) >= 11 is 5.12. The minimum absolute atomic E-state index is 0.0114. The van der Waals surface area contributed by atoms with Gasteiger partial charge in [-0.05, 0) is 25.1 Å². The molecule has 0 saturated carbocycles. The molecule has 5 nitrogen and oxygen atoms in total. The van der Waals surface area contributed by atoms with Gasteiger partial charge in [0.25, 0.3) is 0 Å². The van der Waals surface area contributed by atoms with Crippen molar-refractivity contribution in [3.8, 4) is 0 Å². The molecule has 0 spiro atoms. The van der Waals surface area contributed by atoms with Crippen molar-refractivity contribution < 1.29 is 14.6 Å². The lowest BCUT2D eigenvalue weighted by Gasteiger charge is -2.07. The third kappa shape index (κ3) is 4.99. The van der Waals surface area contributed by atoms with Gasteiger partial charge < -0.3 is 24.1 Å². The molecule has 0 amide bonds. The number of aromatic amines is 1. The quantitative estimate of drug-likeness (QED) is 0.521. The number of aliphatic hydroxyl groups is 1. The lowest BCUT2D eigenvalue weighted by molar-refractivity contribution is 0.0683. The highest BCUT2D eigenvalue weighted by molar-refractivity contribution is 7.71. The van der Waals surface area contributed by atoms with Crippen molar-refractivity contribution in [2.75, 3.05) is 26.9 Å². The largest absolute Gasteiger partial charge is 0.390 e. The number of nitrogens with one attached hydrogen (secondary N) is 1. The van der Waals surface area contributed by atoms with E-state index in [9.17, 15) is 0 Å². The zero-order valence-electron chi connectivity index (χ0n) is 10.1. The van der Waals surface area contributed by atoms with Crippen molar-refractivity contribution in [2.24, 2.45) is 0 Å². The molecule has 1 heterocycles. The molecule has 98 valence electrons. The zero-order valence-corrected chi connectivity index (χ0v) is 11.0. The number of methoxy groups -OCH3 is 1. The van der Waals surface area contributed by atoms with Gasteiger partial charge in [-0.1, -0.05) is 0 Å². The third-order valence-corrected chi connectivity index (χ3v) is 2.81. The van der Waals surface area contributed by atoms with Crippen LogP contribution >= 0.6 is 12.2 Å². The van der Waals surface area contributed by atoms with Crippen LogP contribution in [-0.4, -0.2) is 41.6 Å². The highest BCUT2D eigenvalue weighted by atomic mass is 32.1. The molecule has 0 aliphatic rings. The lowest BCUT2D eigenvalue weighted by atomic mass is 10.3. The van der Waals surface area contributed by atoms with E-state index in [4.69, 9.17) is 26.8 Å². The summed E-state index contributed by atoms with van der Waals surface area (Å²) in [5.41, 5.74) is 0.829. The highest BCUT2D eigenvalue weighted by Gasteiger charge is 2.01. The molecule has 2 N–H and O–H groups in total. The Hall–Kier alpha value is -0.690. The van der Waals surface area contributed by atoms with Crippen molar-refractivity contribution in [3.05, 3.63) is 16.7 Å². The zero-order chi connectivity index (χ0) is 12.5. The van der Waals surface area contributed by atoms with E-state index in [1.807, 2.05) is 4.57 Å². The van der Waals surface area contributed by atoms with Crippen LogP contribution in [0.1, 0.15) is 18.5 Å². The van der Waals surface area contributed by atoms with Crippen LogP contribution in [0, 0.1) is 4.77 Å². The van der Waals surface area contributed by atoms with E-state index in [1.54, 1.807) is 13.3 Å². The fraction of sp³-hybridized carbons (Fsp3) is 0.727. The van der Waals surface area contributed by atoms with Gasteiger partial charge in [0.2, 0.25) is 0 Å². The van der Waals surface area contributed by atoms with Crippen LogP contribution in [-0.2, 0) is 22.6 Å². The highest BCUT2D eigenvalue weighted by Crippen LogP contribution is 2.04. The Morgan fingerprint density at radius 2 is 2.18 bits per heavy atom. The Bertz CT molecular complexity index is 362. The van der Waals surface area contributed by atoms with E-state index in [1.165, 1.54) is 0 Å². The molecule has 17 heavy (non-hydrogen) atoms. The second kappa shape index (κ2) is 8.41. The lowest BCUT2D eigenvalue weighted by Crippen LogP contribution is -2.06. The molecule has 0 aliphatic carbocycles. The van der Waals surface area contributed by atoms with Crippen molar-refractivity contribution in [2.45, 2.75) is 26.0 Å². The summed E-state index contributed by atoms with van der Waals surface area (Å²) < 4.78 is 12.8. The molecule has 1 aromatic heterocycles. The molecule has 1 rings (SSSR count). The van der Waals surface area contributed by atoms with Crippen molar-refractivity contribution in [1.82, 2.24) is 9.55 Å². The maximum absolute atomic E-state index is 9.11. The third-order valence-electron chi connectivity index (χ3n) is 2.47. The number of imidazole rings is 1. The molecule has 0 aromatic carbocycles. The maximum Gasteiger partial charge on any atom is 0.177 e. The van der Waals surface area contributed by atoms with Gasteiger partial charge in [-0.15, -0.1) is 0 Å². The van der Waals surface area contributed by atoms with Crippen LogP contribution in [0.25, 0.3) is 0 Å². The van der Waals surface area contributed by atoms with E-state index in [0.717, 1.165) is 31.7 Å². The van der Waals surface area contributed by atoms with Gasteiger partial charge in [0.15, 0.2) is 4.77 Å². The molecule has 0 unspecified atom stereocenters. The van der Waals surface area contributed by atoms with Crippen LogP contribution < -0.4 is 0 Å². The summed E-state index contributed by atoms with van der Waals surface area (Å²) in [7, 11) is 1.66. The predicted molar refractivity (Wildman–Crippen MR) is 67.5 cm³/mol. The first-order valence-corrected chi connectivity index (χ1v) is 6.15. The summed E-state index contributed by atoms with van der Waals surface area (Å²) in [5, 5.41) is 9.11. The molecule has 0 atom stereocenters. The molecule has 0 fully saturated rings. The Kier molecular flexibility index (Phi) is 7.11. The number of aliphatic hydroxyl groups excluding tert-OH is 1. The number of hydrogen-bond acceptors (Lipinski definition) is 4. The molecule has 1 aromatic rings. The van der Waals surface area contributed by atoms with E-state index in [0.29, 0.717) is 18.0 Å². The van der Waals surface area contributed by atoms with Crippen LogP contribution in [0.15, 0.2) is 6.20 Å². The van der Waals surface area contributed by atoms with Gasteiger partial charge in [-0.25, -0.2) is 0 Å². The number of hydrogen-bond donors (Lipinski definition) is 2. The Morgan fingerprint density at radius 3 is 2.88 bits per heavy atom. The van der Waals surface area contributed by atoms with E-state index < -0.39 is 0 Å². The summed E-state index contributed by atoms with van der Waals surface area (Å²) in [4.78, 5) is 2.93. The van der Waals surface area contributed by atoms with Gasteiger partial charge >= 0.3 is 0 Å². The fourth-order valence-electron chi connectivity index (χ4n) is 1.53. The molecule has 0 bridgehead atoms. The monoisotopic (exact) mass is 260 g/mol. The fourth-order valence-corrected chi connectivity index (χ4v) is 1.79. The molecule has 0 radical (unpaired) electrons. The van der Waals surface area contributed by atoms with Crippen molar-refractivity contribution >= 4 is 12.2 Å². The number of H-pyrrole nitrogens is 1. The maximum atomic E-state index is 9.11. The normalized spacial score (nSPS) is 10.9. The number of unbranched alkanes of at least 4 members (excludes halogenated alkanes) is 1. The second-order valence-electron chi connectivity index (χ2n) is 3.71. The van der Waals surface area contributed by atoms with Crippen LogP contribution in [0.5, 0.6) is 0 Å². The molecular formula is C11H20N2O3S. The van der Waals surface area contributed by atoms with E-state index >= 15 is 0 Å². The van der Waals surface area contributed by atoms with Gasteiger partial charge in [0, 0.05) is 26.5 Å². The van der Waals surface area contributed by atoms with Gasteiger partial charge in [0.05, 0.1) is 25.5 Å². The van der Waals surface area contributed by atoms with Crippen molar-refractivity contribution in [1.29, 1.82) is 0 Å². The summed E-state index contributed by atoms with van der Waals surface area (Å²) in [5.74, 6) is 0. The average molecular weight is 260 g/mol. The molecule has 0 aliphatic heterocycles. The van der Waals surface area contributed by atoms with Gasteiger partial charge in [0.1, 0.15) is 0 Å². The smallest absolute Gasteiger partial charge is 0.177 e. The van der Waals surface area contributed by atoms with Gasteiger partial charge in [-0.2, -0.15) is 0 Å². The van der Waals surface area contributed by atoms with Crippen LogP contribution in [0.4, 0.5) is 0 Å². The predicted octanol–water partition coefficient (Wildman–Crippen LogP) is 1.48. The SMILES string of the molecule is COCCOCCCCn1c(CO)c[nH]c1=S. The Morgan fingerprint density at radius 1 is 1.35 bits per heavy atom. The number of ether oxygens (including phenoxy) is 2. The molecule has 0 saturated heterocycles. The van der Waals surface area contributed by atoms with E-state index in [2.05, 4.69) is 4.98 Å².